The Morgan fingerprint density at radius 3 is 1.92 bits per heavy atom. The van der Waals surface area contributed by atoms with Crippen molar-refractivity contribution in [2.75, 3.05) is 0 Å². The van der Waals surface area contributed by atoms with E-state index in [9.17, 15) is 17.6 Å². The highest BCUT2D eigenvalue weighted by atomic mass is 19.4. The van der Waals surface area contributed by atoms with Gasteiger partial charge in [0.25, 0.3) is 0 Å². The molecule has 0 aliphatic heterocycles. The molecule has 0 bridgehead atoms. The lowest BCUT2D eigenvalue weighted by atomic mass is 10.0. The molecule has 1 aromatic rings. The van der Waals surface area contributed by atoms with Crippen molar-refractivity contribution in [1.29, 1.82) is 0 Å². The van der Waals surface area contributed by atoms with Crippen molar-refractivity contribution in [3.8, 4) is 0 Å². The molecule has 0 N–H and O–H groups in total. The highest BCUT2D eigenvalue weighted by Gasteiger charge is 2.36. The monoisotopic (exact) mass is 192 g/mol. The van der Waals surface area contributed by atoms with E-state index in [-0.39, 0.29) is 5.56 Å². The van der Waals surface area contributed by atoms with E-state index < -0.39 is 17.9 Å². The molecule has 0 heterocycles. The van der Waals surface area contributed by atoms with E-state index in [1.54, 1.807) is 0 Å². The van der Waals surface area contributed by atoms with E-state index >= 15 is 0 Å². The number of benzene rings is 1. The van der Waals surface area contributed by atoms with Gasteiger partial charge in [-0.1, -0.05) is 12.1 Å². The number of rotatable bonds is 1. The lowest BCUT2D eigenvalue weighted by molar-refractivity contribution is -0.146. The Bertz CT molecular complexity index is 273. The molecule has 4 heteroatoms. The van der Waals surface area contributed by atoms with Crippen molar-refractivity contribution in [3.05, 3.63) is 35.6 Å². The molecule has 0 radical (unpaired) electrons. The number of hydrogen-bond acceptors (Lipinski definition) is 0. The van der Waals surface area contributed by atoms with Gasteiger partial charge in [-0.05, 0) is 24.6 Å². The van der Waals surface area contributed by atoms with E-state index in [0.717, 1.165) is 31.2 Å². The Labute approximate surface area is 73.2 Å². The molecule has 1 unspecified atom stereocenters. The van der Waals surface area contributed by atoms with Crippen LogP contribution in [0.5, 0.6) is 0 Å². The van der Waals surface area contributed by atoms with E-state index in [1.165, 1.54) is 0 Å². The zero-order valence-corrected chi connectivity index (χ0v) is 6.90. The normalized spacial score (nSPS) is 14.2. The van der Waals surface area contributed by atoms with Gasteiger partial charge in [0.1, 0.15) is 5.82 Å². The lowest BCUT2D eigenvalue weighted by Crippen LogP contribution is -2.17. The van der Waals surface area contributed by atoms with Crippen LogP contribution in [-0.4, -0.2) is 6.18 Å². The van der Waals surface area contributed by atoms with E-state index in [2.05, 4.69) is 0 Å². The summed E-state index contributed by atoms with van der Waals surface area (Å²) in [7, 11) is 0. The zero-order chi connectivity index (χ0) is 10.1. The maximum atomic E-state index is 12.4. The molecule has 72 valence electrons. The van der Waals surface area contributed by atoms with Crippen LogP contribution in [0.15, 0.2) is 24.3 Å². The van der Waals surface area contributed by atoms with Gasteiger partial charge < -0.3 is 0 Å². The minimum atomic E-state index is -4.27. The minimum Gasteiger partial charge on any atom is -0.207 e. The van der Waals surface area contributed by atoms with Gasteiger partial charge in [0, 0.05) is 0 Å². The second-order valence-electron chi connectivity index (χ2n) is 2.81. The smallest absolute Gasteiger partial charge is 0.207 e. The number of halogens is 4. The van der Waals surface area contributed by atoms with Gasteiger partial charge in [-0.15, -0.1) is 0 Å². The fourth-order valence-electron chi connectivity index (χ4n) is 0.940. The van der Waals surface area contributed by atoms with Gasteiger partial charge in [0.2, 0.25) is 0 Å². The topological polar surface area (TPSA) is 0 Å². The third kappa shape index (κ3) is 2.44. The third-order valence-electron chi connectivity index (χ3n) is 1.86. The molecule has 0 saturated heterocycles. The summed E-state index contributed by atoms with van der Waals surface area (Å²) in [5.41, 5.74) is 0.0777. The van der Waals surface area contributed by atoms with Crippen LogP contribution >= 0.6 is 0 Å². The van der Waals surface area contributed by atoms with Crippen LogP contribution in [0, 0.1) is 5.82 Å². The molecule has 0 saturated carbocycles. The molecular formula is C9H8F4. The van der Waals surface area contributed by atoms with Crippen molar-refractivity contribution >= 4 is 0 Å². The second-order valence-corrected chi connectivity index (χ2v) is 2.81. The molecule has 0 aromatic heterocycles. The van der Waals surface area contributed by atoms with Crippen LogP contribution in [0.3, 0.4) is 0 Å². The Morgan fingerprint density at radius 2 is 1.54 bits per heavy atom. The van der Waals surface area contributed by atoms with Crippen molar-refractivity contribution in [1.82, 2.24) is 0 Å². The van der Waals surface area contributed by atoms with Crippen LogP contribution in [-0.2, 0) is 0 Å². The fourth-order valence-corrected chi connectivity index (χ4v) is 0.940. The van der Waals surface area contributed by atoms with Crippen molar-refractivity contribution in [3.63, 3.8) is 0 Å². The average Bonchev–Trinajstić information content (AvgIpc) is 2.03. The summed E-state index contributed by atoms with van der Waals surface area (Å²) in [6, 6.07) is 4.34. The first kappa shape index (κ1) is 10.0. The first-order valence-electron chi connectivity index (χ1n) is 3.73. The maximum absolute atomic E-state index is 12.4. The maximum Gasteiger partial charge on any atom is 0.395 e. The van der Waals surface area contributed by atoms with Gasteiger partial charge in [-0.2, -0.15) is 13.2 Å². The van der Waals surface area contributed by atoms with Crippen molar-refractivity contribution in [2.24, 2.45) is 0 Å². The highest BCUT2D eigenvalue weighted by Crippen LogP contribution is 2.33. The molecule has 0 aliphatic rings. The minimum absolute atomic E-state index is 0.0777. The molecule has 1 aromatic carbocycles. The van der Waals surface area contributed by atoms with Crippen LogP contribution in [0.1, 0.15) is 18.4 Å². The van der Waals surface area contributed by atoms with Crippen LogP contribution in [0.25, 0.3) is 0 Å². The van der Waals surface area contributed by atoms with Crippen molar-refractivity contribution < 1.29 is 17.6 Å². The molecule has 13 heavy (non-hydrogen) atoms. The zero-order valence-electron chi connectivity index (χ0n) is 6.90. The lowest BCUT2D eigenvalue weighted by Gasteiger charge is -2.15. The summed E-state index contributed by atoms with van der Waals surface area (Å²) in [5.74, 6) is -2.08. The summed E-state index contributed by atoms with van der Waals surface area (Å²) in [4.78, 5) is 0. The van der Waals surface area contributed by atoms with Gasteiger partial charge in [0.05, 0.1) is 5.92 Å². The Kier molecular flexibility index (Phi) is 2.59. The molecular weight excluding hydrogens is 184 g/mol. The molecule has 0 nitrogen and oxygen atoms in total. The fraction of sp³-hybridized carbons (Fsp3) is 0.333. The summed E-state index contributed by atoms with van der Waals surface area (Å²) in [6.45, 7) is 1.05. The predicted molar refractivity (Wildman–Crippen MR) is 40.9 cm³/mol. The third-order valence-corrected chi connectivity index (χ3v) is 1.86. The van der Waals surface area contributed by atoms with E-state index in [0.29, 0.717) is 0 Å². The van der Waals surface area contributed by atoms with Gasteiger partial charge in [-0.25, -0.2) is 4.39 Å². The molecule has 1 atom stereocenters. The number of hydrogen-bond donors (Lipinski definition) is 0. The van der Waals surface area contributed by atoms with Crippen LogP contribution in [0.4, 0.5) is 17.6 Å². The average molecular weight is 192 g/mol. The van der Waals surface area contributed by atoms with Crippen LogP contribution in [0.2, 0.25) is 0 Å². The standard InChI is InChI=1S/C9H8F4/c1-6(9(11,12)13)7-2-4-8(10)5-3-7/h2-6H,1H3. The van der Waals surface area contributed by atoms with Gasteiger partial charge in [-0.3, -0.25) is 0 Å². The van der Waals surface area contributed by atoms with Crippen molar-refractivity contribution in [2.45, 2.75) is 19.0 Å². The second kappa shape index (κ2) is 3.36. The van der Waals surface area contributed by atoms with E-state index in [4.69, 9.17) is 0 Å². The molecule has 0 fully saturated rings. The van der Waals surface area contributed by atoms with E-state index in [1.807, 2.05) is 0 Å². The quantitative estimate of drug-likeness (QED) is 0.597. The van der Waals surface area contributed by atoms with Crippen LogP contribution < -0.4 is 0 Å². The first-order valence-corrected chi connectivity index (χ1v) is 3.73. The Morgan fingerprint density at radius 1 is 1.08 bits per heavy atom. The van der Waals surface area contributed by atoms with Gasteiger partial charge in [0.15, 0.2) is 0 Å². The summed E-state index contributed by atoms with van der Waals surface area (Å²) in [5, 5.41) is 0. The SMILES string of the molecule is CC(c1ccc(F)cc1)C(F)(F)F. The summed E-state index contributed by atoms with van der Waals surface area (Å²) in [6.07, 6.45) is -4.27. The molecule has 0 spiro atoms. The Hall–Kier alpha value is -1.06. The molecule has 0 amide bonds. The largest absolute Gasteiger partial charge is 0.395 e. The first-order chi connectivity index (χ1) is 5.91. The molecule has 1 rings (SSSR count). The van der Waals surface area contributed by atoms with Gasteiger partial charge >= 0.3 is 6.18 Å². The molecule has 0 aliphatic carbocycles. The highest BCUT2D eigenvalue weighted by molar-refractivity contribution is 5.20. The summed E-state index contributed by atoms with van der Waals surface area (Å²) >= 11 is 0. The predicted octanol–water partition coefficient (Wildman–Crippen LogP) is 3.49. The number of alkyl halides is 3. The summed E-state index contributed by atoms with van der Waals surface area (Å²) < 4.78 is 48.8. The Balaban J connectivity index is 2.90.